The first-order chi connectivity index (χ1) is 18.8. The zero-order valence-corrected chi connectivity index (χ0v) is 24.0. The molecule has 0 unspecified atom stereocenters. The summed E-state index contributed by atoms with van der Waals surface area (Å²) in [5.41, 5.74) is 0.821. The van der Waals surface area contributed by atoms with Gasteiger partial charge in [0, 0.05) is 37.4 Å². The molecule has 0 spiro atoms. The smallest absolute Gasteiger partial charge is 0.405 e. The molecule has 40 heavy (non-hydrogen) atoms. The highest BCUT2D eigenvalue weighted by atomic mass is 16.5. The molecule has 1 heterocycles. The number of ether oxygens (including phenoxy) is 3. The van der Waals surface area contributed by atoms with Gasteiger partial charge < -0.3 is 35.1 Å². The van der Waals surface area contributed by atoms with E-state index in [-0.39, 0.29) is 34.9 Å². The molecule has 220 valence electrons. The Kier molecular flexibility index (Phi) is 12.0. The van der Waals surface area contributed by atoms with Gasteiger partial charge in [0.05, 0.1) is 37.2 Å². The Labute approximate surface area is 234 Å². The van der Waals surface area contributed by atoms with Crippen LogP contribution in [0.25, 0.3) is 0 Å². The van der Waals surface area contributed by atoms with Crippen molar-refractivity contribution in [3.63, 3.8) is 0 Å². The van der Waals surface area contributed by atoms with Gasteiger partial charge >= 0.3 is 6.09 Å². The first kappa shape index (κ1) is 32.7. The Balaban J connectivity index is 2.60. The number of ketones is 2. The van der Waals surface area contributed by atoms with Crippen molar-refractivity contribution in [1.82, 2.24) is 10.6 Å². The lowest BCUT2D eigenvalue weighted by molar-refractivity contribution is -0.120. The molecule has 6 atom stereocenters. The minimum Gasteiger partial charge on any atom is -0.492 e. The maximum absolute atomic E-state index is 13.3. The Bertz CT molecular complexity index is 1150. The zero-order chi connectivity index (χ0) is 30.1. The molecular weight excluding hydrogens is 520 g/mol. The van der Waals surface area contributed by atoms with Crippen molar-refractivity contribution in [2.75, 3.05) is 21.3 Å². The Morgan fingerprint density at radius 3 is 2.35 bits per heavy atom. The molecule has 2 amide bonds. The van der Waals surface area contributed by atoms with Gasteiger partial charge in [-0.25, -0.2) is 4.79 Å². The minimum absolute atomic E-state index is 0.0834. The third-order valence-electron chi connectivity index (χ3n) is 7.06. The molecule has 1 aliphatic carbocycles. The number of hydrogen-bond donors (Lipinski definition) is 4. The van der Waals surface area contributed by atoms with Crippen LogP contribution < -0.4 is 10.6 Å². The van der Waals surface area contributed by atoms with Crippen molar-refractivity contribution in [3.05, 3.63) is 58.6 Å². The van der Waals surface area contributed by atoms with Crippen LogP contribution in [0.15, 0.2) is 58.6 Å². The van der Waals surface area contributed by atoms with E-state index in [1.165, 1.54) is 34.3 Å². The quantitative estimate of drug-likeness (QED) is 0.299. The Hall–Kier alpha value is -3.54. The number of aliphatic hydroxyl groups is 1. The number of carboxylic acid groups (broad SMARTS) is 1. The molecule has 0 aromatic carbocycles. The predicted octanol–water partition coefficient (Wildman–Crippen LogP) is 2.58. The van der Waals surface area contributed by atoms with Gasteiger partial charge in [-0.3, -0.25) is 14.4 Å². The number of rotatable bonds is 4. The van der Waals surface area contributed by atoms with E-state index in [0.29, 0.717) is 12.0 Å². The fraction of sp³-hybridized carbons (Fsp3) is 0.517. The molecule has 0 aromatic rings. The van der Waals surface area contributed by atoms with Crippen molar-refractivity contribution >= 4 is 23.6 Å². The molecule has 2 bridgehead atoms. The van der Waals surface area contributed by atoms with Gasteiger partial charge in [0.1, 0.15) is 0 Å². The second-order valence-electron chi connectivity index (χ2n) is 10.2. The number of aliphatic hydroxyl groups excluding tert-OH is 1. The number of amides is 2. The molecule has 4 N–H and O–H groups in total. The summed E-state index contributed by atoms with van der Waals surface area (Å²) >= 11 is 0. The van der Waals surface area contributed by atoms with E-state index in [1.54, 1.807) is 32.1 Å². The van der Waals surface area contributed by atoms with Gasteiger partial charge in [0.2, 0.25) is 11.6 Å². The second-order valence-corrected chi connectivity index (χ2v) is 10.2. The third-order valence-corrected chi connectivity index (χ3v) is 7.06. The number of allylic oxidation sites excluding steroid dienone is 4. The highest BCUT2D eigenvalue weighted by Gasteiger charge is 2.33. The van der Waals surface area contributed by atoms with Crippen LogP contribution in [0.5, 0.6) is 0 Å². The van der Waals surface area contributed by atoms with Gasteiger partial charge in [-0.1, -0.05) is 43.7 Å². The summed E-state index contributed by atoms with van der Waals surface area (Å²) < 4.78 is 16.4. The van der Waals surface area contributed by atoms with Crippen LogP contribution in [0.2, 0.25) is 0 Å². The predicted molar refractivity (Wildman–Crippen MR) is 147 cm³/mol. The average Bonchev–Trinajstić information content (AvgIpc) is 2.90. The van der Waals surface area contributed by atoms with Crippen molar-refractivity contribution in [1.29, 1.82) is 0 Å². The summed E-state index contributed by atoms with van der Waals surface area (Å²) in [7, 11) is 4.21. The summed E-state index contributed by atoms with van der Waals surface area (Å²) in [6.45, 7) is 6.92. The molecule has 2 aliphatic rings. The number of carbonyl (C=O) groups is 4. The Morgan fingerprint density at radius 2 is 1.77 bits per heavy atom. The first-order valence-electron chi connectivity index (χ1n) is 13.0. The minimum atomic E-state index is -1.25. The van der Waals surface area contributed by atoms with Crippen LogP contribution in [0.1, 0.15) is 40.5 Å². The first-order valence-corrected chi connectivity index (χ1v) is 13.0. The molecule has 11 heteroatoms. The summed E-state index contributed by atoms with van der Waals surface area (Å²) in [5, 5.41) is 25.6. The fourth-order valence-electron chi connectivity index (χ4n) is 4.86. The number of nitrogens with one attached hydrogen (secondary N) is 2. The number of hydrogen-bond acceptors (Lipinski definition) is 8. The lowest BCUT2D eigenvalue weighted by Gasteiger charge is -2.30. The maximum atomic E-state index is 13.3. The lowest BCUT2D eigenvalue weighted by Crippen LogP contribution is -2.44. The normalized spacial score (nSPS) is 32.7. The number of Topliss-reactive ketones (excluding diaryl/α,β-unsaturated/α-hetero) is 1. The Morgan fingerprint density at radius 1 is 1.10 bits per heavy atom. The summed E-state index contributed by atoms with van der Waals surface area (Å²) in [6, 6.07) is -0.787. The number of methoxy groups -OCH3 is 3. The van der Waals surface area contributed by atoms with Crippen LogP contribution in [-0.2, 0) is 28.6 Å². The molecule has 0 fully saturated rings. The van der Waals surface area contributed by atoms with Gasteiger partial charge in [0.15, 0.2) is 5.76 Å². The SMILES string of the molecule is COC1=C2C[C@@H](C)C[C@H](OC)[C@H](O)[C@@H](C)/C=C(\C)[C@H](NC(=O)O)[C@H](OC)/C=C\C=C(/C)C(=O)NC(=CC1=O)C2=O. The van der Waals surface area contributed by atoms with Crippen molar-refractivity contribution in [2.24, 2.45) is 11.8 Å². The van der Waals surface area contributed by atoms with E-state index in [2.05, 4.69) is 10.6 Å². The molecule has 0 saturated heterocycles. The van der Waals surface area contributed by atoms with Crippen molar-refractivity contribution < 1.29 is 43.6 Å². The highest BCUT2D eigenvalue weighted by Crippen LogP contribution is 2.29. The highest BCUT2D eigenvalue weighted by molar-refractivity contribution is 6.23. The third kappa shape index (κ3) is 8.23. The number of carbonyl (C=O) groups excluding carboxylic acids is 3. The van der Waals surface area contributed by atoms with E-state index in [0.717, 1.165) is 6.08 Å². The summed E-state index contributed by atoms with van der Waals surface area (Å²) in [4.78, 5) is 50.5. The standard InChI is InChI=1S/C29H40N2O9/c1-15-11-19-26(34)20(14-21(32)27(19)40-7)30-28(35)16(2)9-8-10-22(38-5)24(31-29(36)37)17(3)13-18(4)25(33)23(12-15)39-6/h8-10,13-15,18,22-25,31,33H,11-12H2,1-7H3,(H,30,35)(H,36,37)/b10-8-,16-9+,17-13+/t15-,18+,22-,23+,24+,25-/m1/s1. The van der Waals surface area contributed by atoms with Crippen LogP contribution in [0.3, 0.4) is 0 Å². The van der Waals surface area contributed by atoms with E-state index in [1.807, 2.05) is 6.92 Å². The molecule has 0 aromatic heterocycles. The zero-order valence-electron chi connectivity index (χ0n) is 24.0. The van der Waals surface area contributed by atoms with Gasteiger partial charge in [0.25, 0.3) is 5.91 Å². The van der Waals surface area contributed by atoms with Crippen molar-refractivity contribution in [2.45, 2.75) is 64.9 Å². The van der Waals surface area contributed by atoms with Gasteiger partial charge in [-0.15, -0.1) is 0 Å². The van der Waals surface area contributed by atoms with E-state index in [9.17, 15) is 29.4 Å². The molecule has 0 saturated carbocycles. The fourth-order valence-corrected chi connectivity index (χ4v) is 4.86. The van der Waals surface area contributed by atoms with Crippen LogP contribution in [0.4, 0.5) is 4.79 Å². The molecular formula is C29H40N2O9. The van der Waals surface area contributed by atoms with Gasteiger partial charge in [-0.2, -0.15) is 0 Å². The van der Waals surface area contributed by atoms with Crippen LogP contribution >= 0.6 is 0 Å². The van der Waals surface area contributed by atoms with Crippen molar-refractivity contribution in [3.8, 4) is 0 Å². The van der Waals surface area contributed by atoms with Crippen LogP contribution in [0, 0.1) is 11.8 Å². The molecule has 11 nitrogen and oxygen atoms in total. The summed E-state index contributed by atoms with van der Waals surface area (Å²) in [6.07, 6.45) is 4.30. The topological polar surface area (TPSA) is 160 Å². The summed E-state index contributed by atoms with van der Waals surface area (Å²) in [5.74, 6) is -2.41. The molecule has 2 rings (SSSR count). The monoisotopic (exact) mass is 560 g/mol. The van der Waals surface area contributed by atoms with E-state index in [4.69, 9.17) is 14.2 Å². The van der Waals surface area contributed by atoms with E-state index >= 15 is 0 Å². The van der Waals surface area contributed by atoms with E-state index < -0.39 is 53.8 Å². The van der Waals surface area contributed by atoms with Crippen LogP contribution in [-0.4, -0.2) is 79.5 Å². The number of fused-ring (bicyclic) bond motifs is 2. The molecule has 1 aliphatic heterocycles. The largest absolute Gasteiger partial charge is 0.492 e. The average molecular weight is 561 g/mol. The second kappa shape index (κ2) is 14.7. The molecule has 0 radical (unpaired) electrons. The maximum Gasteiger partial charge on any atom is 0.405 e. The van der Waals surface area contributed by atoms with Gasteiger partial charge in [-0.05, 0) is 32.6 Å². The lowest BCUT2D eigenvalue weighted by atomic mass is 9.85.